The highest BCUT2D eigenvalue weighted by molar-refractivity contribution is 5.83. The third-order valence-corrected chi connectivity index (χ3v) is 9.01. The van der Waals surface area contributed by atoms with E-state index in [0.29, 0.717) is 25.7 Å². The molecule has 1 unspecified atom stereocenters. The summed E-state index contributed by atoms with van der Waals surface area (Å²) >= 11 is 0. The van der Waals surface area contributed by atoms with Crippen LogP contribution in [-0.2, 0) is 14.3 Å². The molecule has 1 heterocycles. The minimum absolute atomic E-state index is 0.0384. The topological polar surface area (TPSA) is 104 Å². The van der Waals surface area contributed by atoms with Gasteiger partial charge < -0.3 is 24.9 Å². The first kappa shape index (κ1) is 39.8. The molecule has 0 saturated carbocycles. The summed E-state index contributed by atoms with van der Waals surface area (Å²) in [4.78, 5) is 23.1. The van der Waals surface area contributed by atoms with Crippen molar-refractivity contribution in [1.29, 1.82) is 0 Å². The molecule has 1 fully saturated rings. The molecule has 1 saturated heterocycles. The minimum atomic E-state index is -0.647. The number of carbonyl (C=O) groups excluding carboxylic acids is 2. The maximum atomic E-state index is 11.8. The number of esters is 1. The van der Waals surface area contributed by atoms with E-state index in [9.17, 15) is 24.9 Å². The first-order valence-electron chi connectivity index (χ1n) is 18.2. The van der Waals surface area contributed by atoms with Crippen LogP contribution in [0.4, 0.5) is 0 Å². The summed E-state index contributed by atoms with van der Waals surface area (Å²) in [5.41, 5.74) is 0. The average molecular weight is 609 g/mol. The van der Waals surface area contributed by atoms with E-state index in [2.05, 4.69) is 19.1 Å². The molecule has 3 N–H and O–H groups in total. The van der Waals surface area contributed by atoms with E-state index >= 15 is 0 Å². The first-order chi connectivity index (χ1) is 20.8. The van der Waals surface area contributed by atoms with Gasteiger partial charge in [0.2, 0.25) is 0 Å². The van der Waals surface area contributed by atoms with Gasteiger partial charge in [0.1, 0.15) is 11.9 Å². The van der Waals surface area contributed by atoms with Crippen molar-refractivity contribution >= 4 is 11.8 Å². The van der Waals surface area contributed by atoms with Crippen molar-refractivity contribution in [3.8, 4) is 0 Å². The highest BCUT2D eigenvalue weighted by Crippen LogP contribution is 2.28. The second-order valence-corrected chi connectivity index (χ2v) is 13.3. The van der Waals surface area contributed by atoms with Gasteiger partial charge in [0, 0.05) is 6.42 Å². The molecule has 0 aromatic rings. The van der Waals surface area contributed by atoms with Gasteiger partial charge in [-0.15, -0.1) is 0 Å². The zero-order valence-electron chi connectivity index (χ0n) is 28.0. The van der Waals surface area contributed by atoms with E-state index in [4.69, 9.17) is 4.74 Å². The van der Waals surface area contributed by atoms with Crippen LogP contribution in [0.15, 0.2) is 12.2 Å². The Morgan fingerprint density at radius 1 is 0.721 bits per heavy atom. The van der Waals surface area contributed by atoms with E-state index < -0.39 is 12.2 Å². The van der Waals surface area contributed by atoms with Crippen molar-refractivity contribution in [1.82, 2.24) is 0 Å². The Morgan fingerprint density at radius 3 is 1.86 bits per heavy atom. The predicted molar refractivity (Wildman–Crippen MR) is 177 cm³/mol. The third kappa shape index (κ3) is 22.9. The van der Waals surface area contributed by atoms with Crippen molar-refractivity contribution in [2.45, 2.75) is 205 Å². The monoisotopic (exact) mass is 609 g/mol. The molecule has 6 heteroatoms. The molecule has 6 nitrogen and oxygen atoms in total. The summed E-state index contributed by atoms with van der Waals surface area (Å²) in [5, 5.41) is 30.8. The van der Waals surface area contributed by atoms with Crippen LogP contribution in [-0.4, -0.2) is 51.5 Å². The van der Waals surface area contributed by atoms with Gasteiger partial charge in [-0.3, -0.25) is 4.79 Å². The summed E-state index contributed by atoms with van der Waals surface area (Å²) in [5.74, 6) is -0.441. The molecular formula is C37H68O6. The number of aliphatic hydroxyl groups excluding tert-OH is 3. The number of ether oxygens (including phenoxy) is 1. The molecule has 0 aromatic heterocycles. The molecule has 1 aliphatic rings. The molecule has 0 spiro atoms. The number of allylic oxidation sites excluding steroid dienone is 2. The fraction of sp³-hybridized carbons (Fsp3) is 0.892. The lowest BCUT2D eigenvalue weighted by Crippen LogP contribution is -2.25. The summed E-state index contributed by atoms with van der Waals surface area (Å²) in [7, 11) is 0. The van der Waals surface area contributed by atoms with E-state index in [1.807, 2.05) is 0 Å². The molecule has 0 amide bonds. The van der Waals surface area contributed by atoms with Crippen molar-refractivity contribution in [3.63, 3.8) is 0 Å². The molecular weight excluding hydrogens is 540 g/mol. The molecule has 252 valence electrons. The zero-order chi connectivity index (χ0) is 31.5. The van der Waals surface area contributed by atoms with Crippen LogP contribution in [0.25, 0.3) is 0 Å². The molecule has 1 aliphatic heterocycles. The number of carbonyl (C=O) groups is 2. The summed E-state index contributed by atoms with van der Waals surface area (Å²) in [6, 6.07) is 0. The number of ketones is 1. The Bertz CT molecular complexity index is 707. The normalized spacial score (nSPS) is 19.1. The Kier molecular flexibility index (Phi) is 25.1. The van der Waals surface area contributed by atoms with Crippen LogP contribution >= 0.6 is 0 Å². The summed E-state index contributed by atoms with van der Waals surface area (Å²) in [6.45, 7) is 3.78. The number of cyclic esters (lactones) is 1. The number of hydrogen-bond donors (Lipinski definition) is 3. The number of Topliss-reactive ketones (excluding diaryl/α,β-unsaturated/α-hetero) is 1. The number of hydrogen-bond acceptors (Lipinski definition) is 6. The number of rotatable bonds is 30. The van der Waals surface area contributed by atoms with Gasteiger partial charge in [-0.2, -0.15) is 0 Å². The maximum Gasteiger partial charge on any atom is 0.309 e. The quantitative estimate of drug-likeness (QED) is 0.0427. The lowest BCUT2D eigenvalue weighted by molar-refractivity contribution is -0.145. The molecule has 0 radical (unpaired) electrons. The Labute approximate surface area is 264 Å². The van der Waals surface area contributed by atoms with Crippen LogP contribution in [0, 0.1) is 5.92 Å². The Hall–Kier alpha value is -1.24. The molecule has 0 aliphatic carbocycles. The molecule has 0 aromatic carbocycles. The predicted octanol–water partition coefficient (Wildman–Crippen LogP) is 8.92. The second kappa shape index (κ2) is 27.1. The first-order valence-corrected chi connectivity index (χ1v) is 18.2. The number of aliphatic hydroxyl groups is 3. The van der Waals surface area contributed by atoms with Gasteiger partial charge in [-0.05, 0) is 71.1 Å². The minimum Gasteiger partial charge on any atom is -0.462 e. The SMILES string of the molecule is CCCCCCCCCCCCC=CCC[C@@H](O)[C@H](O)CCCCCCC(O)CCCCC[C@@H]1C[C@@H](CC(C)=O)C(=O)O1. The summed E-state index contributed by atoms with van der Waals surface area (Å²) < 4.78 is 5.40. The van der Waals surface area contributed by atoms with Crippen LogP contribution in [0.5, 0.6) is 0 Å². The smallest absolute Gasteiger partial charge is 0.309 e. The van der Waals surface area contributed by atoms with Crippen LogP contribution in [0.2, 0.25) is 0 Å². The fourth-order valence-corrected chi connectivity index (χ4v) is 6.21. The van der Waals surface area contributed by atoms with Crippen LogP contribution < -0.4 is 0 Å². The molecule has 1 rings (SSSR count). The average Bonchev–Trinajstić information content (AvgIpc) is 3.32. The van der Waals surface area contributed by atoms with Gasteiger partial charge >= 0.3 is 5.97 Å². The van der Waals surface area contributed by atoms with Gasteiger partial charge in [0.05, 0.1) is 24.2 Å². The second-order valence-electron chi connectivity index (χ2n) is 13.3. The van der Waals surface area contributed by atoms with Gasteiger partial charge in [-0.1, -0.05) is 115 Å². The van der Waals surface area contributed by atoms with Gasteiger partial charge in [0.15, 0.2) is 0 Å². The van der Waals surface area contributed by atoms with Crippen LogP contribution in [0.3, 0.4) is 0 Å². The zero-order valence-corrected chi connectivity index (χ0v) is 28.0. The summed E-state index contributed by atoms with van der Waals surface area (Å²) in [6.07, 6.45) is 29.9. The van der Waals surface area contributed by atoms with Crippen molar-refractivity contribution in [3.05, 3.63) is 12.2 Å². The Morgan fingerprint density at radius 2 is 1.23 bits per heavy atom. The van der Waals surface area contributed by atoms with E-state index in [1.54, 1.807) is 0 Å². The van der Waals surface area contributed by atoms with E-state index in [0.717, 1.165) is 77.0 Å². The van der Waals surface area contributed by atoms with Crippen molar-refractivity contribution < 1.29 is 29.6 Å². The lowest BCUT2D eigenvalue weighted by Gasteiger charge is -2.17. The third-order valence-electron chi connectivity index (χ3n) is 9.01. The van der Waals surface area contributed by atoms with Crippen molar-refractivity contribution in [2.24, 2.45) is 5.92 Å². The fourth-order valence-electron chi connectivity index (χ4n) is 6.21. The lowest BCUT2D eigenvalue weighted by atomic mass is 9.96. The highest BCUT2D eigenvalue weighted by Gasteiger charge is 2.34. The Balaban J connectivity index is 1.89. The van der Waals surface area contributed by atoms with E-state index in [-0.39, 0.29) is 29.9 Å². The van der Waals surface area contributed by atoms with Gasteiger partial charge in [0.25, 0.3) is 0 Å². The van der Waals surface area contributed by atoms with Gasteiger partial charge in [-0.25, -0.2) is 0 Å². The van der Waals surface area contributed by atoms with Crippen LogP contribution in [0.1, 0.15) is 181 Å². The molecule has 0 bridgehead atoms. The highest BCUT2D eigenvalue weighted by atomic mass is 16.5. The van der Waals surface area contributed by atoms with Crippen molar-refractivity contribution in [2.75, 3.05) is 0 Å². The molecule has 5 atom stereocenters. The molecule has 43 heavy (non-hydrogen) atoms. The maximum absolute atomic E-state index is 11.8. The van der Waals surface area contributed by atoms with E-state index in [1.165, 1.54) is 71.1 Å². The standard InChI is InChI=1S/C37H68O6/c1-3-4-5-6-7-8-9-10-11-12-13-14-15-22-27-35(40)36(41)28-23-17-16-19-24-33(39)25-20-18-21-26-34-30-32(29-31(2)38)37(42)43-34/h14-15,32-36,39-41H,3-13,16-30H2,1-2H3/t32-,33?,34-,35-,36-/m1/s1. The largest absolute Gasteiger partial charge is 0.462 e. The number of unbranched alkanes of at least 4 members (excludes halogenated alkanes) is 15.